The first-order valence-electron chi connectivity index (χ1n) is 4.16. The van der Waals surface area contributed by atoms with Crippen molar-refractivity contribution in [3.05, 3.63) is 35.4 Å². The van der Waals surface area contributed by atoms with Crippen molar-refractivity contribution in [2.24, 2.45) is 5.73 Å². The Morgan fingerprint density at radius 1 is 1.25 bits per heavy atom. The van der Waals surface area contributed by atoms with Crippen LogP contribution in [0.25, 0.3) is 0 Å². The largest absolute Gasteiger partial charge is 0.318 e. The molecule has 0 aliphatic carbocycles. The van der Waals surface area contributed by atoms with Gasteiger partial charge in [0.15, 0.2) is 0 Å². The number of hydrogen-bond donors (Lipinski definition) is 1. The fourth-order valence-electron chi connectivity index (χ4n) is 1.07. The third kappa shape index (κ3) is 2.64. The van der Waals surface area contributed by atoms with Crippen molar-refractivity contribution >= 4 is 0 Å². The molecule has 0 spiro atoms. The van der Waals surface area contributed by atoms with Gasteiger partial charge in [0.1, 0.15) is 0 Å². The molecule has 0 aliphatic heterocycles. The summed E-state index contributed by atoms with van der Waals surface area (Å²) in [6.45, 7) is 3.63. The van der Waals surface area contributed by atoms with Crippen LogP contribution in [0.2, 0.25) is 0 Å². The van der Waals surface area contributed by atoms with Crippen molar-refractivity contribution in [3.63, 3.8) is 0 Å². The van der Waals surface area contributed by atoms with E-state index < -0.39 is 0 Å². The van der Waals surface area contributed by atoms with E-state index in [1.165, 1.54) is 11.1 Å². The second-order valence-electron chi connectivity index (χ2n) is 3.18. The molecule has 2 nitrogen and oxygen atoms in total. The number of benzene rings is 1. The Labute approximate surface area is 74.0 Å². The fourth-order valence-corrected chi connectivity index (χ4v) is 1.07. The van der Waals surface area contributed by atoms with E-state index in [0.29, 0.717) is 6.67 Å². The maximum Gasteiger partial charge on any atom is 0.0455 e. The third-order valence-corrected chi connectivity index (χ3v) is 1.88. The van der Waals surface area contributed by atoms with Gasteiger partial charge in [-0.25, -0.2) is 0 Å². The molecule has 0 aliphatic rings. The highest BCUT2D eigenvalue weighted by Crippen LogP contribution is 2.04. The predicted molar refractivity (Wildman–Crippen MR) is 51.7 cm³/mol. The number of nitrogens with zero attached hydrogens (tertiary/aromatic N) is 1. The molecule has 1 aromatic carbocycles. The number of nitrogens with two attached hydrogens (primary N) is 1. The second-order valence-corrected chi connectivity index (χ2v) is 3.18. The fraction of sp³-hybridized carbons (Fsp3) is 0.400. The van der Waals surface area contributed by atoms with Crippen molar-refractivity contribution in [2.45, 2.75) is 13.5 Å². The van der Waals surface area contributed by atoms with Gasteiger partial charge in [-0.05, 0) is 19.5 Å². The van der Waals surface area contributed by atoms with Crippen LogP contribution in [-0.4, -0.2) is 18.6 Å². The molecule has 0 saturated heterocycles. The lowest BCUT2D eigenvalue weighted by atomic mass is 10.1. The molecule has 0 radical (unpaired) electrons. The monoisotopic (exact) mass is 164 g/mol. The van der Waals surface area contributed by atoms with Gasteiger partial charge in [0.2, 0.25) is 0 Å². The molecule has 0 bridgehead atoms. The van der Waals surface area contributed by atoms with Gasteiger partial charge in [0.05, 0.1) is 0 Å². The highest BCUT2D eigenvalue weighted by Gasteiger charge is 1.96. The van der Waals surface area contributed by atoms with Crippen LogP contribution in [0.1, 0.15) is 11.1 Å². The summed E-state index contributed by atoms with van der Waals surface area (Å²) in [5.74, 6) is 0. The predicted octanol–water partition coefficient (Wildman–Crippen LogP) is 1.34. The van der Waals surface area contributed by atoms with Gasteiger partial charge in [-0.15, -0.1) is 0 Å². The molecule has 2 N–H and O–H groups in total. The molecule has 0 unspecified atom stereocenters. The van der Waals surface area contributed by atoms with E-state index in [4.69, 9.17) is 5.73 Å². The van der Waals surface area contributed by atoms with Crippen LogP contribution < -0.4 is 5.73 Å². The Hall–Kier alpha value is -0.860. The van der Waals surface area contributed by atoms with Gasteiger partial charge in [-0.1, -0.05) is 29.8 Å². The summed E-state index contributed by atoms with van der Waals surface area (Å²) in [7, 11) is 2.01. The first kappa shape index (κ1) is 9.23. The summed E-state index contributed by atoms with van der Waals surface area (Å²) in [5.41, 5.74) is 8.09. The smallest absolute Gasteiger partial charge is 0.0455 e. The molecule has 1 aromatic rings. The van der Waals surface area contributed by atoms with Gasteiger partial charge in [-0.2, -0.15) is 0 Å². The second kappa shape index (κ2) is 4.24. The van der Waals surface area contributed by atoms with Gasteiger partial charge >= 0.3 is 0 Å². The first-order chi connectivity index (χ1) is 5.72. The molecule has 0 atom stereocenters. The maximum absolute atomic E-state index is 5.48. The molecule has 0 fully saturated rings. The van der Waals surface area contributed by atoms with E-state index in [-0.39, 0.29) is 0 Å². The number of aryl methyl sites for hydroxylation is 1. The zero-order valence-electron chi connectivity index (χ0n) is 7.75. The van der Waals surface area contributed by atoms with Crippen molar-refractivity contribution in [3.8, 4) is 0 Å². The molecule has 1 rings (SSSR count). The molecule has 0 heterocycles. The van der Waals surface area contributed by atoms with Crippen molar-refractivity contribution in [1.82, 2.24) is 4.90 Å². The van der Waals surface area contributed by atoms with E-state index in [2.05, 4.69) is 36.1 Å². The van der Waals surface area contributed by atoms with Crippen LogP contribution in [0.15, 0.2) is 24.3 Å². The number of hydrogen-bond acceptors (Lipinski definition) is 2. The van der Waals surface area contributed by atoms with Crippen LogP contribution >= 0.6 is 0 Å². The van der Waals surface area contributed by atoms with Crippen molar-refractivity contribution < 1.29 is 0 Å². The zero-order valence-corrected chi connectivity index (χ0v) is 7.75. The van der Waals surface area contributed by atoms with Crippen molar-refractivity contribution in [2.75, 3.05) is 13.7 Å². The molecular formula is C10H16N2. The molecule has 2 heteroatoms. The lowest BCUT2D eigenvalue weighted by Crippen LogP contribution is -2.24. The van der Waals surface area contributed by atoms with Crippen LogP contribution in [0.4, 0.5) is 0 Å². The van der Waals surface area contributed by atoms with Crippen LogP contribution in [0.3, 0.4) is 0 Å². The minimum absolute atomic E-state index is 0.605. The van der Waals surface area contributed by atoms with E-state index in [0.717, 1.165) is 6.54 Å². The minimum Gasteiger partial charge on any atom is -0.318 e. The standard InChI is InChI=1S/C10H16N2/c1-9-3-5-10(6-4-9)7-12(2)8-11/h3-6H,7-8,11H2,1-2H3. The van der Waals surface area contributed by atoms with E-state index in [9.17, 15) is 0 Å². The molecule has 66 valence electrons. The normalized spacial score (nSPS) is 10.7. The summed E-state index contributed by atoms with van der Waals surface area (Å²) in [6.07, 6.45) is 0. The lowest BCUT2D eigenvalue weighted by molar-refractivity contribution is 0.337. The van der Waals surface area contributed by atoms with E-state index in [1.54, 1.807) is 0 Å². The Morgan fingerprint density at radius 3 is 2.33 bits per heavy atom. The summed E-state index contributed by atoms with van der Waals surface area (Å²) >= 11 is 0. The van der Waals surface area contributed by atoms with Gasteiger partial charge in [-0.3, -0.25) is 4.90 Å². The van der Waals surface area contributed by atoms with E-state index in [1.807, 2.05) is 7.05 Å². The Bertz CT molecular complexity index is 228. The molecule has 0 amide bonds. The van der Waals surface area contributed by atoms with Crippen LogP contribution in [0.5, 0.6) is 0 Å². The maximum atomic E-state index is 5.48. The Kier molecular flexibility index (Phi) is 3.26. The minimum atomic E-state index is 0.605. The number of rotatable bonds is 3. The quantitative estimate of drug-likeness (QED) is 0.683. The zero-order chi connectivity index (χ0) is 8.97. The molecule has 0 aromatic heterocycles. The first-order valence-corrected chi connectivity index (χ1v) is 4.16. The highest BCUT2D eigenvalue weighted by molar-refractivity contribution is 5.21. The summed E-state index contributed by atoms with van der Waals surface area (Å²) in [4.78, 5) is 2.07. The Balaban J connectivity index is 2.58. The van der Waals surface area contributed by atoms with Crippen LogP contribution in [0, 0.1) is 6.92 Å². The summed E-state index contributed by atoms with van der Waals surface area (Å²) < 4.78 is 0. The SMILES string of the molecule is Cc1ccc(CN(C)CN)cc1. The van der Waals surface area contributed by atoms with Gasteiger partial charge in [0, 0.05) is 13.2 Å². The van der Waals surface area contributed by atoms with Crippen molar-refractivity contribution in [1.29, 1.82) is 0 Å². The molecule has 12 heavy (non-hydrogen) atoms. The molecular weight excluding hydrogens is 148 g/mol. The van der Waals surface area contributed by atoms with Crippen LogP contribution in [-0.2, 0) is 6.54 Å². The topological polar surface area (TPSA) is 29.3 Å². The highest BCUT2D eigenvalue weighted by atomic mass is 15.1. The summed E-state index contributed by atoms with van der Waals surface area (Å²) in [6, 6.07) is 8.53. The molecule has 0 saturated carbocycles. The third-order valence-electron chi connectivity index (χ3n) is 1.88. The van der Waals surface area contributed by atoms with Gasteiger partial charge in [0.25, 0.3) is 0 Å². The lowest BCUT2D eigenvalue weighted by Gasteiger charge is -2.13. The van der Waals surface area contributed by atoms with Gasteiger partial charge < -0.3 is 5.73 Å². The average molecular weight is 164 g/mol. The summed E-state index contributed by atoms with van der Waals surface area (Å²) in [5, 5.41) is 0. The van der Waals surface area contributed by atoms with E-state index >= 15 is 0 Å². The Morgan fingerprint density at radius 2 is 1.83 bits per heavy atom. The average Bonchev–Trinajstić information content (AvgIpc) is 2.09.